The monoisotopic (exact) mass is 396 g/mol. The number of rotatable bonds is 11. The zero-order valence-corrected chi connectivity index (χ0v) is 19.4. The zero-order valence-electron chi connectivity index (χ0n) is 19.4. The molecular weight excluding hydrogens is 352 g/mol. The third kappa shape index (κ3) is 22.5. The van der Waals surface area contributed by atoms with Gasteiger partial charge in [0.15, 0.2) is 0 Å². The van der Waals surface area contributed by atoms with Crippen molar-refractivity contribution in [3.05, 3.63) is 24.8 Å². The Balaban J connectivity index is 0. The van der Waals surface area contributed by atoms with E-state index in [0.717, 1.165) is 25.7 Å². The van der Waals surface area contributed by atoms with E-state index in [9.17, 15) is 9.59 Å². The summed E-state index contributed by atoms with van der Waals surface area (Å²) in [7, 11) is 0. The molecule has 28 heavy (non-hydrogen) atoms. The lowest BCUT2D eigenvalue weighted by Gasteiger charge is -2.23. The van der Waals surface area contributed by atoms with Crippen LogP contribution in [0.3, 0.4) is 0 Å². The molecule has 0 aliphatic rings. The van der Waals surface area contributed by atoms with E-state index >= 15 is 0 Å². The highest BCUT2D eigenvalue weighted by Crippen LogP contribution is 2.27. The molecule has 0 bridgehead atoms. The van der Waals surface area contributed by atoms with Gasteiger partial charge in [0.05, 0.1) is 6.61 Å². The molecule has 4 heteroatoms. The minimum atomic E-state index is -0.868. The van der Waals surface area contributed by atoms with Crippen LogP contribution in [0.2, 0.25) is 0 Å². The van der Waals surface area contributed by atoms with Gasteiger partial charge in [-0.15, -0.1) is 0 Å². The maximum atomic E-state index is 10.7. The van der Waals surface area contributed by atoms with Gasteiger partial charge in [-0.3, -0.25) is 0 Å². The molecule has 164 valence electrons. The SMILES string of the molecule is C=C(CCC(C)CC(C)(C)C)C(=O)O.C=CC(=O)OCCCCCC(C)(C)C. The van der Waals surface area contributed by atoms with Crippen molar-refractivity contribution in [1.82, 2.24) is 0 Å². The van der Waals surface area contributed by atoms with Crippen LogP contribution in [0, 0.1) is 16.7 Å². The van der Waals surface area contributed by atoms with Crippen molar-refractivity contribution in [2.24, 2.45) is 16.7 Å². The van der Waals surface area contributed by atoms with Crippen LogP contribution in [0.15, 0.2) is 24.8 Å². The molecule has 1 atom stereocenters. The minimum Gasteiger partial charge on any atom is -0.478 e. The Labute approximate surface area is 173 Å². The third-order valence-corrected chi connectivity index (χ3v) is 4.18. The fourth-order valence-corrected chi connectivity index (χ4v) is 2.84. The standard InChI is InChI=1S/2C12H22O2/c1-9(8-12(3,4)5)6-7-10(2)11(13)14;1-5-11(13)14-10-8-6-7-9-12(2,3)4/h9H,2,6-8H2,1,3-5H3,(H,13,14);5H,1,6-10H2,2-4H3. The average molecular weight is 397 g/mol. The van der Waals surface area contributed by atoms with Gasteiger partial charge in [0, 0.05) is 11.6 Å². The fourth-order valence-electron chi connectivity index (χ4n) is 2.84. The molecule has 0 aliphatic carbocycles. The first-order valence-corrected chi connectivity index (χ1v) is 10.4. The Morgan fingerprint density at radius 1 is 1.04 bits per heavy atom. The molecule has 0 aliphatic heterocycles. The summed E-state index contributed by atoms with van der Waals surface area (Å²) < 4.78 is 4.87. The third-order valence-electron chi connectivity index (χ3n) is 4.18. The van der Waals surface area contributed by atoms with E-state index in [1.165, 1.54) is 18.9 Å². The molecule has 0 rings (SSSR count). The summed E-state index contributed by atoms with van der Waals surface area (Å²) in [6, 6.07) is 0. The maximum Gasteiger partial charge on any atom is 0.330 e. The van der Waals surface area contributed by atoms with Gasteiger partial charge in [-0.05, 0) is 48.9 Å². The second-order valence-electron chi connectivity index (χ2n) is 10.1. The van der Waals surface area contributed by atoms with E-state index in [2.05, 4.69) is 61.6 Å². The highest BCUT2D eigenvalue weighted by Gasteiger charge is 2.16. The summed E-state index contributed by atoms with van der Waals surface area (Å²) in [5.74, 6) is -0.625. The van der Waals surface area contributed by atoms with E-state index in [0.29, 0.717) is 35.3 Å². The van der Waals surface area contributed by atoms with Crippen molar-refractivity contribution in [3.8, 4) is 0 Å². The number of aliphatic carboxylic acids is 1. The Kier molecular flexibility index (Phi) is 14.7. The molecular formula is C24H44O4. The van der Waals surface area contributed by atoms with Gasteiger partial charge in [-0.25, -0.2) is 9.59 Å². The van der Waals surface area contributed by atoms with E-state index < -0.39 is 5.97 Å². The minimum absolute atomic E-state index is 0.319. The summed E-state index contributed by atoms with van der Waals surface area (Å²) >= 11 is 0. The Morgan fingerprint density at radius 3 is 2.04 bits per heavy atom. The van der Waals surface area contributed by atoms with Gasteiger partial charge in [0.2, 0.25) is 0 Å². The quantitative estimate of drug-likeness (QED) is 0.237. The lowest BCUT2D eigenvalue weighted by molar-refractivity contribution is -0.138. The van der Waals surface area contributed by atoms with Crippen LogP contribution < -0.4 is 0 Å². The first-order valence-electron chi connectivity index (χ1n) is 10.4. The molecule has 4 nitrogen and oxygen atoms in total. The molecule has 0 fully saturated rings. The van der Waals surface area contributed by atoms with Gasteiger partial charge in [0.1, 0.15) is 0 Å². The molecule has 0 saturated carbocycles. The number of hydrogen-bond donors (Lipinski definition) is 1. The normalized spacial score (nSPS) is 12.4. The predicted molar refractivity (Wildman–Crippen MR) is 118 cm³/mol. The van der Waals surface area contributed by atoms with E-state index in [4.69, 9.17) is 9.84 Å². The van der Waals surface area contributed by atoms with Crippen molar-refractivity contribution < 1.29 is 19.4 Å². The predicted octanol–water partition coefficient (Wildman–Crippen LogP) is 6.80. The molecule has 0 aromatic carbocycles. The highest BCUT2D eigenvalue weighted by molar-refractivity contribution is 5.85. The van der Waals surface area contributed by atoms with Crippen molar-refractivity contribution in [2.75, 3.05) is 6.61 Å². The molecule has 1 unspecified atom stereocenters. The van der Waals surface area contributed by atoms with Crippen LogP contribution in [-0.4, -0.2) is 23.7 Å². The Bertz CT molecular complexity index is 478. The average Bonchev–Trinajstić information content (AvgIpc) is 2.53. The highest BCUT2D eigenvalue weighted by atomic mass is 16.5. The van der Waals surface area contributed by atoms with Crippen molar-refractivity contribution in [2.45, 2.75) is 93.4 Å². The molecule has 0 spiro atoms. The van der Waals surface area contributed by atoms with E-state index in [1.54, 1.807) is 0 Å². The van der Waals surface area contributed by atoms with Crippen LogP contribution in [0.1, 0.15) is 93.4 Å². The van der Waals surface area contributed by atoms with Gasteiger partial charge >= 0.3 is 11.9 Å². The Hall–Kier alpha value is -1.58. The first kappa shape index (κ1) is 28.6. The molecule has 0 amide bonds. The van der Waals surface area contributed by atoms with Crippen molar-refractivity contribution >= 4 is 11.9 Å². The summed E-state index contributed by atoms with van der Waals surface area (Å²) in [4.78, 5) is 21.2. The first-order chi connectivity index (χ1) is 12.7. The van der Waals surface area contributed by atoms with Gasteiger partial charge in [0.25, 0.3) is 0 Å². The number of carbonyl (C=O) groups is 2. The number of esters is 1. The van der Waals surface area contributed by atoms with E-state index in [1.807, 2.05) is 0 Å². The topological polar surface area (TPSA) is 63.6 Å². The summed E-state index contributed by atoms with van der Waals surface area (Å²) in [6.07, 6.45) is 8.36. The van der Waals surface area contributed by atoms with Gasteiger partial charge < -0.3 is 9.84 Å². The molecule has 0 radical (unpaired) electrons. The van der Waals surface area contributed by atoms with Gasteiger partial charge in [-0.1, -0.05) is 74.5 Å². The maximum absolute atomic E-state index is 10.7. The second-order valence-corrected chi connectivity index (χ2v) is 10.1. The number of carboxylic acids is 1. The molecule has 0 aromatic rings. The van der Waals surface area contributed by atoms with Crippen molar-refractivity contribution in [3.63, 3.8) is 0 Å². The van der Waals surface area contributed by atoms with Crippen molar-refractivity contribution in [1.29, 1.82) is 0 Å². The molecule has 0 saturated heterocycles. The molecule has 1 N–H and O–H groups in total. The summed E-state index contributed by atoms with van der Waals surface area (Å²) in [5, 5.41) is 8.63. The summed E-state index contributed by atoms with van der Waals surface area (Å²) in [6.45, 7) is 22.9. The number of ether oxygens (including phenoxy) is 1. The number of hydrogen-bond acceptors (Lipinski definition) is 3. The molecule has 0 aromatic heterocycles. The molecule has 0 heterocycles. The van der Waals surface area contributed by atoms with Crippen LogP contribution in [0.5, 0.6) is 0 Å². The number of carboxylic acid groups (broad SMARTS) is 1. The fraction of sp³-hybridized carbons (Fsp3) is 0.750. The van der Waals surface area contributed by atoms with Crippen LogP contribution in [0.4, 0.5) is 0 Å². The van der Waals surface area contributed by atoms with Crippen LogP contribution >= 0.6 is 0 Å². The number of carbonyl (C=O) groups excluding carboxylic acids is 1. The smallest absolute Gasteiger partial charge is 0.330 e. The second kappa shape index (κ2) is 14.4. The lowest BCUT2D eigenvalue weighted by atomic mass is 9.83. The van der Waals surface area contributed by atoms with E-state index in [-0.39, 0.29) is 5.97 Å². The van der Waals surface area contributed by atoms with Crippen LogP contribution in [0.25, 0.3) is 0 Å². The lowest BCUT2D eigenvalue weighted by Crippen LogP contribution is -2.11. The largest absolute Gasteiger partial charge is 0.478 e. The van der Waals surface area contributed by atoms with Gasteiger partial charge in [-0.2, -0.15) is 0 Å². The zero-order chi connectivity index (χ0) is 22.4. The van der Waals surface area contributed by atoms with Crippen LogP contribution in [-0.2, 0) is 14.3 Å². The Morgan fingerprint density at radius 2 is 1.61 bits per heavy atom. The number of unbranched alkanes of at least 4 members (excludes halogenated alkanes) is 2. The summed E-state index contributed by atoms with van der Waals surface area (Å²) in [5.41, 5.74) is 1.06.